The number of carbonyl (C=O) groups is 1. The number of hydrogen-bond acceptors (Lipinski definition) is 3. The van der Waals surface area contributed by atoms with Gasteiger partial charge in [0.25, 0.3) is 0 Å². The monoisotopic (exact) mass is 248 g/mol. The van der Waals surface area contributed by atoms with E-state index in [2.05, 4.69) is 20.5 Å². The summed E-state index contributed by atoms with van der Waals surface area (Å²) in [6.45, 7) is 1.75. The number of aromatic amines is 1. The van der Waals surface area contributed by atoms with Crippen LogP contribution in [-0.2, 0) is 11.2 Å². The lowest BCUT2D eigenvalue weighted by Crippen LogP contribution is -2.13. The molecule has 0 bridgehead atoms. The van der Waals surface area contributed by atoms with E-state index in [9.17, 15) is 9.18 Å². The maximum absolute atomic E-state index is 12.7. The summed E-state index contributed by atoms with van der Waals surface area (Å²) in [6, 6.07) is 6.09. The van der Waals surface area contributed by atoms with Crippen molar-refractivity contribution in [2.45, 2.75) is 19.8 Å². The molecule has 18 heavy (non-hydrogen) atoms. The van der Waals surface area contributed by atoms with Crippen molar-refractivity contribution in [3.63, 3.8) is 0 Å². The highest BCUT2D eigenvalue weighted by Crippen LogP contribution is 2.06. The van der Waals surface area contributed by atoms with Gasteiger partial charge in [0, 0.05) is 6.42 Å². The SMILES string of the molecule is Cc1nc(NC(=O)CCc2ccc(F)cc2)n[nH]1. The summed E-state index contributed by atoms with van der Waals surface area (Å²) in [7, 11) is 0. The summed E-state index contributed by atoms with van der Waals surface area (Å²) >= 11 is 0. The summed E-state index contributed by atoms with van der Waals surface area (Å²) in [4.78, 5) is 15.6. The highest BCUT2D eigenvalue weighted by Gasteiger charge is 2.06. The predicted octanol–water partition coefficient (Wildman–Crippen LogP) is 1.82. The smallest absolute Gasteiger partial charge is 0.248 e. The van der Waals surface area contributed by atoms with Gasteiger partial charge in [-0.05, 0) is 31.0 Å². The highest BCUT2D eigenvalue weighted by molar-refractivity contribution is 5.88. The van der Waals surface area contributed by atoms with Gasteiger partial charge in [0.1, 0.15) is 11.6 Å². The van der Waals surface area contributed by atoms with Gasteiger partial charge in [-0.2, -0.15) is 4.98 Å². The molecule has 1 amide bonds. The van der Waals surface area contributed by atoms with Gasteiger partial charge in [0.05, 0.1) is 0 Å². The first-order valence-corrected chi connectivity index (χ1v) is 5.57. The van der Waals surface area contributed by atoms with Crippen molar-refractivity contribution in [3.8, 4) is 0 Å². The first-order chi connectivity index (χ1) is 8.63. The van der Waals surface area contributed by atoms with E-state index in [1.54, 1.807) is 19.1 Å². The molecular weight excluding hydrogens is 235 g/mol. The molecule has 94 valence electrons. The van der Waals surface area contributed by atoms with Crippen molar-refractivity contribution in [3.05, 3.63) is 41.5 Å². The number of amides is 1. The van der Waals surface area contributed by atoms with Crippen LogP contribution in [0.5, 0.6) is 0 Å². The van der Waals surface area contributed by atoms with Gasteiger partial charge in [-0.25, -0.2) is 4.39 Å². The molecule has 0 atom stereocenters. The van der Waals surface area contributed by atoms with Crippen molar-refractivity contribution < 1.29 is 9.18 Å². The zero-order valence-electron chi connectivity index (χ0n) is 9.90. The number of aromatic nitrogens is 3. The molecule has 2 rings (SSSR count). The van der Waals surface area contributed by atoms with Gasteiger partial charge in [-0.1, -0.05) is 12.1 Å². The van der Waals surface area contributed by atoms with Crippen LogP contribution in [0, 0.1) is 12.7 Å². The summed E-state index contributed by atoms with van der Waals surface area (Å²) in [5.41, 5.74) is 0.915. The fraction of sp³-hybridized carbons (Fsp3) is 0.250. The van der Waals surface area contributed by atoms with Crippen LogP contribution in [0.25, 0.3) is 0 Å². The van der Waals surface area contributed by atoms with Crippen LogP contribution in [0.1, 0.15) is 17.8 Å². The zero-order chi connectivity index (χ0) is 13.0. The molecule has 0 radical (unpaired) electrons. The molecular formula is C12H13FN4O. The third-order valence-electron chi connectivity index (χ3n) is 2.40. The van der Waals surface area contributed by atoms with E-state index < -0.39 is 0 Å². The predicted molar refractivity (Wildman–Crippen MR) is 64.5 cm³/mol. The second-order valence-electron chi connectivity index (χ2n) is 3.92. The van der Waals surface area contributed by atoms with Crippen molar-refractivity contribution in [2.24, 2.45) is 0 Å². The molecule has 0 unspecified atom stereocenters. The number of H-pyrrole nitrogens is 1. The van der Waals surface area contributed by atoms with Crippen molar-refractivity contribution in [1.82, 2.24) is 15.2 Å². The van der Waals surface area contributed by atoms with Gasteiger partial charge in [0.15, 0.2) is 0 Å². The van der Waals surface area contributed by atoms with Crippen molar-refractivity contribution >= 4 is 11.9 Å². The van der Waals surface area contributed by atoms with Crippen LogP contribution in [-0.4, -0.2) is 21.1 Å². The Morgan fingerprint density at radius 1 is 1.39 bits per heavy atom. The number of anilines is 1. The number of hydrogen-bond donors (Lipinski definition) is 2. The Hall–Kier alpha value is -2.24. The maximum atomic E-state index is 12.7. The number of nitrogens with zero attached hydrogens (tertiary/aromatic N) is 2. The molecule has 0 aliphatic heterocycles. The van der Waals surface area contributed by atoms with Crippen LogP contribution >= 0.6 is 0 Å². The number of rotatable bonds is 4. The molecule has 1 aromatic carbocycles. The Kier molecular flexibility index (Phi) is 3.66. The molecule has 0 saturated heterocycles. The number of aryl methyl sites for hydroxylation is 2. The molecule has 0 spiro atoms. The average Bonchev–Trinajstić information content (AvgIpc) is 2.74. The standard InChI is InChI=1S/C12H13FN4O/c1-8-14-12(17-16-8)15-11(18)7-4-9-2-5-10(13)6-3-9/h2-3,5-6H,4,7H2,1H3,(H2,14,15,16,17,18). The minimum atomic E-state index is -0.278. The van der Waals surface area contributed by atoms with Gasteiger partial charge in [-0.15, -0.1) is 5.10 Å². The Morgan fingerprint density at radius 3 is 2.72 bits per heavy atom. The Balaban J connectivity index is 1.83. The third kappa shape index (κ3) is 3.38. The Morgan fingerprint density at radius 2 is 2.11 bits per heavy atom. The second kappa shape index (κ2) is 5.39. The Bertz CT molecular complexity index is 535. The average molecular weight is 248 g/mol. The summed E-state index contributed by atoms with van der Waals surface area (Å²) in [5.74, 6) is 0.471. The molecule has 2 aromatic rings. The van der Waals surface area contributed by atoms with Gasteiger partial charge >= 0.3 is 0 Å². The van der Waals surface area contributed by atoms with E-state index in [1.165, 1.54) is 12.1 Å². The third-order valence-corrected chi connectivity index (χ3v) is 2.40. The van der Waals surface area contributed by atoms with Crippen molar-refractivity contribution in [1.29, 1.82) is 0 Å². The molecule has 6 heteroatoms. The van der Waals surface area contributed by atoms with Crippen LogP contribution in [0.4, 0.5) is 10.3 Å². The van der Waals surface area contributed by atoms with Crippen molar-refractivity contribution in [2.75, 3.05) is 5.32 Å². The number of carbonyl (C=O) groups excluding carboxylic acids is 1. The van der Waals surface area contributed by atoms with Crippen LogP contribution in [0.3, 0.4) is 0 Å². The minimum Gasteiger partial charge on any atom is -0.293 e. The van der Waals surface area contributed by atoms with E-state index in [1.807, 2.05) is 0 Å². The fourth-order valence-corrected chi connectivity index (χ4v) is 1.49. The lowest BCUT2D eigenvalue weighted by Gasteiger charge is -2.01. The summed E-state index contributed by atoms with van der Waals surface area (Å²) in [5, 5.41) is 9.02. The largest absolute Gasteiger partial charge is 0.293 e. The molecule has 1 heterocycles. The molecule has 1 aromatic heterocycles. The molecule has 5 nitrogen and oxygen atoms in total. The second-order valence-corrected chi connectivity index (χ2v) is 3.92. The quantitative estimate of drug-likeness (QED) is 0.867. The first-order valence-electron chi connectivity index (χ1n) is 5.57. The van der Waals surface area contributed by atoms with Crippen LogP contribution in [0.15, 0.2) is 24.3 Å². The van der Waals surface area contributed by atoms with E-state index in [0.29, 0.717) is 18.7 Å². The number of halogens is 1. The molecule has 0 saturated carbocycles. The zero-order valence-corrected chi connectivity index (χ0v) is 9.90. The molecule has 0 aliphatic rings. The van der Waals surface area contributed by atoms with E-state index in [0.717, 1.165) is 5.56 Å². The van der Waals surface area contributed by atoms with Crippen LogP contribution in [0.2, 0.25) is 0 Å². The molecule has 0 aliphatic carbocycles. The van der Waals surface area contributed by atoms with Gasteiger partial charge in [0.2, 0.25) is 11.9 Å². The molecule has 2 N–H and O–H groups in total. The van der Waals surface area contributed by atoms with E-state index in [-0.39, 0.29) is 17.7 Å². The fourth-order valence-electron chi connectivity index (χ4n) is 1.49. The highest BCUT2D eigenvalue weighted by atomic mass is 19.1. The first kappa shape index (κ1) is 12.2. The lowest BCUT2D eigenvalue weighted by molar-refractivity contribution is -0.116. The van der Waals surface area contributed by atoms with E-state index in [4.69, 9.17) is 0 Å². The van der Waals surface area contributed by atoms with E-state index >= 15 is 0 Å². The topological polar surface area (TPSA) is 70.7 Å². The minimum absolute atomic E-state index is 0.168. The normalized spacial score (nSPS) is 10.3. The van der Waals surface area contributed by atoms with Gasteiger partial charge < -0.3 is 0 Å². The maximum Gasteiger partial charge on any atom is 0.248 e. The number of benzene rings is 1. The summed E-state index contributed by atoms with van der Waals surface area (Å²) in [6.07, 6.45) is 0.856. The summed E-state index contributed by atoms with van der Waals surface area (Å²) < 4.78 is 12.7. The Labute approximate surface area is 103 Å². The molecule has 0 fully saturated rings. The van der Waals surface area contributed by atoms with Crippen LogP contribution < -0.4 is 5.32 Å². The van der Waals surface area contributed by atoms with Gasteiger partial charge in [-0.3, -0.25) is 15.2 Å². The lowest BCUT2D eigenvalue weighted by atomic mass is 10.1. The number of nitrogens with one attached hydrogen (secondary N) is 2.